The molecule has 1 heterocycles. The van der Waals surface area contributed by atoms with E-state index >= 15 is 0 Å². The second-order valence-electron chi connectivity index (χ2n) is 6.04. The molecule has 1 fully saturated rings. The highest BCUT2D eigenvalue weighted by Crippen LogP contribution is 2.36. The number of hydrogen-bond acceptors (Lipinski definition) is 7. The van der Waals surface area contributed by atoms with E-state index in [1.165, 1.54) is 19.1 Å². The summed E-state index contributed by atoms with van der Waals surface area (Å²) < 4.78 is 57.1. The molecule has 0 bridgehead atoms. The first kappa shape index (κ1) is 21.5. The van der Waals surface area contributed by atoms with Crippen LogP contribution in [0.5, 0.6) is 11.5 Å². The van der Waals surface area contributed by atoms with Crippen LogP contribution in [0.25, 0.3) is 6.08 Å². The van der Waals surface area contributed by atoms with Crippen molar-refractivity contribution in [2.24, 2.45) is 0 Å². The Morgan fingerprint density at radius 1 is 1.39 bits per heavy atom. The van der Waals surface area contributed by atoms with Gasteiger partial charge in [0.15, 0.2) is 21.3 Å². The molecule has 1 amide bonds. The predicted octanol–water partition coefficient (Wildman–Crippen LogP) is 1.86. The van der Waals surface area contributed by atoms with Gasteiger partial charge in [-0.1, -0.05) is 0 Å². The highest BCUT2D eigenvalue weighted by atomic mass is 32.2. The molecule has 12 heteroatoms. The van der Waals surface area contributed by atoms with Crippen molar-refractivity contribution in [1.29, 1.82) is 0 Å². The van der Waals surface area contributed by atoms with E-state index in [1.807, 2.05) is 0 Å². The Balaban J connectivity index is 2.28. The topological polar surface area (TPSA) is 116 Å². The zero-order valence-electron chi connectivity index (χ0n) is 15.0. The molecule has 9 nitrogen and oxygen atoms in total. The lowest BCUT2D eigenvalue weighted by molar-refractivity contribution is -0.385. The van der Waals surface area contributed by atoms with E-state index in [4.69, 9.17) is 4.74 Å². The Morgan fingerprint density at radius 2 is 2.07 bits per heavy atom. The van der Waals surface area contributed by atoms with E-state index in [-0.39, 0.29) is 22.8 Å². The van der Waals surface area contributed by atoms with Crippen LogP contribution < -0.4 is 9.47 Å². The van der Waals surface area contributed by atoms with E-state index in [0.29, 0.717) is 6.42 Å². The number of likely N-dealkylation sites (N-methyl/N-ethyl adjacent to an activating group) is 1. The maximum Gasteiger partial charge on any atom is 0.387 e. The number of nitro groups is 1. The van der Waals surface area contributed by atoms with E-state index in [9.17, 15) is 32.1 Å². The molecule has 0 N–H and O–H groups in total. The molecule has 1 aliphatic heterocycles. The lowest BCUT2D eigenvalue weighted by Crippen LogP contribution is -2.36. The molecule has 1 saturated heterocycles. The molecule has 154 valence electrons. The summed E-state index contributed by atoms with van der Waals surface area (Å²) in [5.41, 5.74) is -0.629. The van der Waals surface area contributed by atoms with Crippen LogP contribution in [0, 0.1) is 10.1 Å². The predicted molar refractivity (Wildman–Crippen MR) is 95.1 cm³/mol. The van der Waals surface area contributed by atoms with Gasteiger partial charge in [-0.25, -0.2) is 8.42 Å². The zero-order valence-corrected chi connectivity index (χ0v) is 15.8. The van der Waals surface area contributed by atoms with Crippen molar-refractivity contribution in [3.63, 3.8) is 0 Å². The van der Waals surface area contributed by atoms with Gasteiger partial charge in [-0.15, -0.1) is 0 Å². The molecule has 1 aromatic rings. The third-order valence-corrected chi connectivity index (χ3v) is 5.99. The summed E-state index contributed by atoms with van der Waals surface area (Å²) in [6.07, 6.45) is 2.49. The summed E-state index contributed by atoms with van der Waals surface area (Å²) in [5.74, 6) is -1.39. The fourth-order valence-electron chi connectivity index (χ4n) is 2.74. The third kappa shape index (κ3) is 5.15. The number of nitrogens with zero attached hydrogens (tertiary/aromatic N) is 2. The van der Waals surface area contributed by atoms with Crippen LogP contribution >= 0.6 is 0 Å². The average Bonchev–Trinajstić information content (AvgIpc) is 2.98. The molecule has 0 aliphatic carbocycles. The van der Waals surface area contributed by atoms with Crippen LogP contribution in [-0.4, -0.2) is 62.5 Å². The number of hydrogen-bond donors (Lipinski definition) is 0. The third-order valence-electron chi connectivity index (χ3n) is 4.23. The largest absolute Gasteiger partial charge is 0.493 e. The van der Waals surface area contributed by atoms with E-state index < -0.39 is 44.8 Å². The molecule has 1 aromatic carbocycles. The smallest absolute Gasteiger partial charge is 0.387 e. The Hall–Kier alpha value is -2.76. The van der Waals surface area contributed by atoms with Crippen LogP contribution in [0.15, 0.2) is 18.2 Å². The van der Waals surface area contributed by atoms with Gasteiger partial charge in [-0.2, -0.15) is 8.78 Å². The summed E-state index contributed by atoms with van der Waals surface area (Å²) >= 11 is 0. The van der Waals surface area contributed by atoms with Crippen LogP contribution in [-0.2, 0) is 14.6 Å². The number of benzene rings is 1. The van der Waals surface area contributed by atoms with Crippen LogP contribution in [0.1, 0.15) is 12.0 Å². The number of amides is 1. The molecule has 1 unspecified atom stereocenters. The molecular weight excluding hydrogens is 402 g/mol. The molecule has 0 spiro atoms. The Labute approximate surface area is 159 Å². The number of sulfone groups is 1. The summed E-state index contributed by atoms with van der Waals surface area (Å²) in [7, 11) is -0.572. The summed E-state index contributed by atoms with van der Waals surface area (Å²) in [4.78, 5) is 24.0. The summed E-state index contributed by atoms with van der Waals surface area (Å²) in [5, 5.41) is 11.2. The van der Waals surface area contributed by atoms with Gasteiger partial charge < -0.3 is 14.4 Å². The van der Waals surface area contributed by atoms with E-state index in [2.05, 4.69) is 4.74 Å². The maximum atomic E-state index is 12.5. The van der Waals surface area contributed by atoms with Crippen molar-refractivity contribution in [2.45, 2.75) is 19.1 Å². The minimum absolute atomic E-state index is 0.00668. The minimum atomic E-state index is -3.20. The van der Waals surface area contributed by atoms with Gasteiger partial charge in [0, 0.05) is 19.2 Å². The highest BCUT2D eigenvalue weighted by Gasteiger charge is 2.32. The van der Waals surface area contributed by atoms with Gasteiger partial charge in [0.1, 0.15) is 0 Å². The fraction of sp³-hybridized carbons (Fsp3) is 0.438. The number of ether oxygens (including phenoxy) is 2. The van der Waals surface area contributed by atoms with Crippen molar-refractivity contribution in [2.75, 3.05) is 25.7 Å². The standard InChI is InChI=1S/C16H18F2N2O7S/c1-19(11-5-6-28(24,25)9-11)15(21)4-3-10-7-13(26-2)14(27-16(17)18)8-12(10)20(22)23/h3-4,7-8,11,16H,5-6,9H2,1-2H3/b4-3+. The normalized spacial score (nSPS) is 18.4. The van der Waals surface area contributed by atoms with E-state index in [0.717, 1.165) is 24.3 Å². The summed E-state index contributed by atoms with van der Waals surface area (Å²) in [6.45, 7) is -3.20. The Morgan fingerprint density at radius 3 is 2.57 bits per heavy atom. The van der Waals surface area contributed by atoms with Crippen molar-refractivity contribution in [1.82, 2.24) is 4.90 Å². The molecular formula is C16H18F2N2O7S. The molecule has 1 atom stereocenters. The quantitative estimate of drug-likeness (QED) is 0.376. The molecule has 0 saturated carbocycles. The zero-order chi connectivity index (χ0) is 21.1. The first-order valence-corrected chi connectivity index (χ1v) is 9.82. The van der Waals surface area contributed by atoms with Crippen LogP contribution in [0.3, 0.4) is 0 Å². The Kier molecular flexibility index (Phi) is 6.54. The average molecular weight is 420 g/mol. The molecule has 0 aromatic heterocycles. The second kappa shape index (κ2) is 8.50. The van der Waals surface area contributed by atoms with Crippen molar-refractivity contribution in [3.8, 4) is 11.5 Å². The number of nitro benzene ring substituents is 1. The first-order valence-electron chi connectivity index (χ1n) is 8.00. The maximum absolute atomic E-state index is 12.5. The van der Waals surface area contributed by atoms with Gasteiger partial charge in [0.25, 0.3) is 5.69 Å². The van der Waals surface area contributed by atoms with Gasteiger partial charge in [-0.05, 0) is 18.6 Å². The monoisotopic (exact) mass is 420 g/mol. The van der Waals surface area contributed by atoms with Crippen LogP contribution in [0.4, 0.5) is 14.5 Å². The number of methoxy groups -OCH3 is 1. The highest BCUT2D eigenvalue weighted by molar-refractivity contribution is 7.91. The molecule has 0 radical (unpaired) electrons. The van der Waals surface area contributed by atoms with E-state index in [1.54, 1.807) is 0 Å². The number of carbonyl (C=O) groups is 1. The van der Waals surface area contributed by atoms with Gasteiger partial charge in [0.2, 0.25) is 5.91 Å². The second-order valence-corrected chi connectivity index (χ2v) is 8.27. The van der Waals surface area contributed by atoms with Crippen molar-refractivity contribution < 1.29 is 36.4 Å². The lowest BCUT2D eigenvalue weighted by Gasteiger charge is -2.21. The number of rotatable bonds is 7. The summed E-state index contributed by atoms with van der Waals surface area (Å²) in [6, 6.07) is 1.40. The Bertz CT molecular complexity index is 902. The van der Waals surface area contributed by atoms with Crippen molar-refractivity contribution >= 4 is 27.5 Å². The van der Waals surface area contributed by atoms with Gasteiger partial charge >= 0.3 is 6.61 Å². The molecule has 2 rings (SSSR count). The SMILES string of the molecule is COc1cc(/C=C/C(=O)N(C)C2CCS(=O)(=O)C2)c([N+](=O)[O-])cc1OC(F)F. The number of halogens is 2. The number of alkyl halides is 2. The lowest BCUT2D eigenvalue weighted by atomic mass is 10.1. The fourth-order valence-corrected chi connectivity index (χ4v) is 4.52. The van der Waals surface area contributed by atoms with Gasteiger partial charge in [-0.3, -0.25) is 14.9 Å². The molecule has 28 heavy (non-hydrogen) atoms. The first-order chi connectivity index (χ1) is 13.0. The van der Waals surface area contributed by atoms with Crippen molar-refractivity contribution in [3.05, 3.63) is 33.9 Å². The minimum Gasteiger partial charge on any atom is -0.493 e. The van der Waals surface area contributed by atoms with Crippen LogP contribution in [0.2, 0.25) is 0 Å². The molecule has 1 aliphatic rings. The number of carbonyl (C=O) groups excluding carboxylic acids is 1. The van der Waals surface area contributed by atoms with Gasteiger partial charge in [0.05, 0.1) is 35.2 Å².